The maximum Gasteiger partial charge on any atom is 0.124 e. The van der Waals surface area contributed by atoms with Crippen molar-refractivity contribution in [2.24, 2.45) is 5.92 Å². The third-order valence-electron chi connectivity index (χ3n) is 4.34. The van der Waals surface area contributed by atoms with Crippen molar-refractivity contribution < 1.29 is 9.47 Å². The molecule has 1 aromatic rings. The lowest BCUT2D eigenvalue weighted by molar-refractivity contribution is 0.116. The molecule has 2 rings (SSSR count). The molecule has 1 aliphatic rings. The Labute approximate surface area is 129 Å². The first-order valence-electron chi connectivity index (χ1n) is 8.06. The summed E-state index contributed by atoms with van der Waals surface area (Å²) in [6.07, 6.45) is 2.60. The summed E-state index contributed by atoms with van der Waals surface area (Å²) < 4.78 is 11.5. The molecule has 1 aromatic carbocycles. The second kappa shape index (κ2) is 7.28. The number of hydrogen-bond acceptors (Lipinski definition) is 3. The normalized spacial score (nSPS) is 23.3. The van der Waals surface area contributed by atoms with Crippen molar-refractivity contribution in [2.45, 2.75) is 52.7 Å². The van der Waals surface area contributed by atoms with Crippen LogP contribution in [0.1, 0.15) is 49.4 Å². The molecule has 0 aromatic heterocycles. The third-order valence-corrected chi connectivity index (χ3v) is 4.34. The van der Waals surface area contributed by atoms with Gasteiger partial charge >= 0.3 is 0 Å². The van der Waals surface area contributed by atoms with Gasteiger partial charge in [0.25, 0.3) is 0 Å². The Morgan fingerprint density at radius 2 is 2.14 bits per heavy atom. The van der Waals surface area contributed by atoms with Crippen molar-refractivity contribution in [3.63, 3.8) is 0 Å². The SMILES string of the molecule is CCCNC(c1c(C)cc(C)cc1OC)C1COC(C)C1. The molecule has 21 heavy (non-hydrogen) atoms. The van der Waals surface area contributed by atoms with Crippen LogP contribution in [0.3, 0.4) is 0 Å². The quantitative estimate of drug-likeness (QED) is 0.865. The first-order chi connectivity index (χ1) is 10.1. The maximum atomic E-state index is 5.80. The first-order valence-corrected chi connectivity index (χ1v) is 8.06. The highest BCUT2D eigenvalue weighted by Crippen LogP contribution is 2.38. The molecule has 0 aliphatic carbocycles. The monoisotopic (exact) mass is 291 g/mol. The molecule has 3 nitrogen and oxygen atoms in total. The van der Waals surface area contributed by atoms with Gasteiger partial charge < -0.3 is 14.8 Å². The topological polar surface area (TPSA) is 30.5 Å². The number of ether oxygens (including phenoxy) is 2. The van der Waals surface area contributed by atoms with Gasteiger partial charge in [0, 0.05) is 17.5 Å². The second-order valence-electron chi connectivity index (χ2n) is 6.27. The summed E-state index contributed by atoms with van der Waals surface area (Å²) in [6, 6.07) is 4.70. The molecular weight excluding hydrogens is 262 g/mol. The Morgan fingerprint density at radius 3 is 2.71 bits per heavy atom. The van der Waals surface area contributed by atoms with Crippen molar-refractivity contribution in [2.75, 3.05) is 20.3 Å². The molecule has 1 aliphatic heterocycles. The lowest BCUT2D eigenvalue weighted by Crippen LogP contribution is -2.30. The third kappa shape index (κ3) is 3.78. The van der Waals surface area contributed by atoms with Gasteiger partial charge in [0.05, 0.1) is 19.8 Å². The van der Waals surface area contributed by atoms with Crippen LogP contribution in [0.4, 0.5) is 0 Å². The summed E-state index contributed by atoms with van der Waals surface area (Å²) in [5, 5.41) is 3.72. The van der Waals surface area contributed by atoms with Crippen LogP contribution in [0.15, 0.2) is 12.1 Å². The summed E-state index contributed by atoms with van der Waals surface area (Å²) in [7, 11) is 1.77. The molecule has 1 saturated heterocycles. The molecule has 3 unspecified atom stereocenters. The molecule has 118 valence electrons. The van der Waals surface area contributed by atoms with Gasteiger partial charge in [0.15, 0.2) is 0 Å². The zero-order valence-corrected chi connectivity index (χ0v) is 14.0. The summed E-state index contributed by atoms with van der Waals surface area (Å²) in [4.78, 5) is 0. The predicted molar refractivity (Wildman–Crippen MR) is 87.0 cm³/mol. The van der Waals surface area contributed by atoms with E-state index >= 15 is 0 Å². The number of benzene rings is 1. The molecule has 3 atom stereocenters. The zero-order chi connectivity index (χ0) is 15.4. The number of hydrogen-bond donors (Lipinski definition) is 1. The van der Waals surface area contributed by atoms with Gasteiger partial charge in [-0.3, -0.25) is 0 Å². The van der Waals surface area contributed by atoms with Gasteiger partial charge in [-0.1, -0.05) is 13.0 Å². The maximum absolute atomic E-state index is 5.80. The van der Waals surface area contributed by atoms with Crippen LogP contribution in [0.5, 0.6) is 5.75 Å². The number of aryl methyl sites for hydroxylation is 2. The highest BCUT2D eigenvalue weighted by Gasteiger charge is 2.32. The van der Waals surface area contributed by atoms with Gasteiger partial charge in [0.1, 0.15) is 5.75 Å². The van der Waals surface area contributed by atoms with Crippen LogP contribution in [0, 0.1) is 19.8 Å². The molecule has 1 fully saturated rings. The van der Waals surface area contributed by atoms with E-state index in [1.54, 1.807) is 7.11 Å². The number of methoxy groups -OCH3 is 1. The molecule has 1 N–H and O–H groups in total. The average molecular weight is 291 g/mol. The summed E-state index contributed by atoms with van der Waals surface area (Å²) >= 11 is 0. The zero-order valence-electron chi connectivity index (χ0n) is 14.0. The standard InChI is InChI=1S/C18H29NO2/c1-6-7-19-18(15-10-14(4)21-11-15)17-13(3)8-12(2)9-16(17)20-5/h8-9,14-15,18-19H,6-7,10-11H2,1-5H3. The van der Waals surface area contributed by atoms with Crippen LogP contribution in [-0.2, 0) is 4.74 Å². The second-order valence-corrected chi connectivity index (χ2v) is 6.27. The fourth-order valence-corrected chi connectivity index (χ4v) is 3.39. The van der Waals surface area contributed by atoms with Crippen molar-refractivity contribution in [1.29, 1.82) is 0 Å². The van der Waals surface area contributed by atoms with Gasteiger partial charge in [0.2, 0.25) is 0 Å². The van der Waals surface area contributed by atoms with Crippen LogP contribution < -0.4 is 10.1 Å². The van der Waals surface area contributed by atoms with Crippen LogP contribution in [0.25, 0.3) is 0 Å². The highest BCUT2D eigenvalue weighted by molar-refractivity contribution is 5.45. The molecular formula is C18H29NO2. The first kappa shape index (κ1) is 16.3. The fourth-order valence-electron chi connectivity index (χ4n) is 3.39. The number of rotatable bonds is 6. The van der Waals surface area contributed by atoms with E-state index in [4.69, 9.17) is 9.47 Å². The number of nitrogens with one attached hydrogen (secondary N) is 1. The molecule has 3 heteroatoms. The van der Waals surface area contributed by atoms with E-state index in [-0.39, 0.29) is 0 Å². The Kier molecular flexibility index (Phi) is 5.65. The van der Waals surface area contributed by atoms with E-state index in [2.05, 4.69) is 45.1 Å². The molecule has 1 heterocycles. The molecule has 0 bridgehead atoms. The summed E-state index contributed by atoms with van der Waals surface area (Å²) in [5.41, 5.74) is 3.86. The Morgan fingerprint density at radius 1 is 1.38 bits per heavy atom. The Balaban J connectivity index is 2.36. The molecule has 0 spiro atoms. The minimum atomic E-state index is 0.311. The van der Waals surface area contributed by atoms with Gasteiger partial charge in [-0.15, -0.1) is 0 Å². The smallest absolute Gasteiger partial charge is 0.124 e. The van der Waals surface area contributed by atoms with Crippen molar-refractivity contribution in [3.8, 4) is 5.75 Å². The van der Waals surface area contributed by atoms with Crippen molar-refractivity contribution in [1.82, 2.24) is 5.32 Å². The summed E-state index contributed by atoms with van der Waals surface area (Å²) in [5.74, 6) is 1.52. The summed E-state index contributed by atoms with van der Waals surface area (Å²) in [6.45, 7) is 10.5. The minimum Gasteiger partial charge on any atom is -0.496 e. The van der Waals surface area contributed by atoms with E-state index in [9.17, 15) is 0 Å². The predicted octanol–water partition coefficient (Wildman–Crippen LogP) is 3.78. The van der Waals surface area contributed by atoms with E-state index in [1.807, 2.05) is 0 Å². The molecule has 0 radical (unpaired) electrons. The minimum absolute atomic E-state index is 0.311. The van der Waals surface area contributed by atoms with E-state index in [0.717, 1.165) is 31.7 Å². The average Bonchev–Trinajstić information content (AvgIpc) is 2.87. The van der Waals surface area contributed by atoms with Crippen molar-refractivity contribution >= 4 is 0 Å². The van der Waals surface area contributed by atoms with E-state index in [1.165, 1.54) is 16.7 Å². The van der Waals surface area contributed by atoms with E-state index in [0.29, 0.717) is 18.1 Å². The Bertz CT molecular complexity index is 473. The van der Waals surface area contributed by atoms with Gasteiger partial charge in [-0.2, -0.15) is 0 Å². The molecule has 0 amide bonds. The van der Waals surface area contributed by atoms with Crippen LogP contribution in [0.2, 0.25) is 0 Å². The highest BCUT2D eigenvalue weighted by atomic mass is 16.5. The van der Waals surface area contributed by atoms with Gasteiger partial charge in [-0.25, -0.2) is 0 Å². The van der Waals surface area contributed by atoms with Gasteiger partial charge in [-0.05, 0) is 57.4 Å². The van der Waals surface area contributed by atoms with E-state index < -0.39 is 0 Å². The lowest BCUT2D eigenvalue weighted by atomic mass is 9.87. The van der Waals surface area contributed by atoms with Crippen LogP contribution in [-0.4, -0.2) is 26.4 Å². The van der Waals surface area contributed by atoms with Crippen molar-refractivity contribution in [3.05, 3.63) is 28.8 Å². The van der Waals surface area contributed by atoms with Crippen LogP contribution >= 0.6 is 0 Å². The Hall–Kier alpha value is -1.06. The molecule has 0 saturated carbocycles. The largest absolute Gasteiger partial charge is 0.496 e. The lowest BCUT2D eigenvalue weighted by Gasteiger charge is -2.28. The fraction of sp³-hybridized carbons (Fsp3) is 0.667.